The van der Waals surface area contributed by atoms with Gasteiger partial charge in [0.05, 0.1) is 23.4 Å². The number of benzene rings is 1. The first kappa shape index (κ1) is 19.3. The van der Waals surface area contributed by atoms with Crippen molar-refractivity contribution in [1.82, 2.24) is 14.7 Å². The van der Waals surface area contributed by atoms with Crippen LogP contribution in [0.15, 0.2) is 33.9 Å². The molecule has 3 rings (SSSR count). The maximum atomic E-state index is 12.5. The highest BCUT2D eigenvalue weighted by molar-refractivity contribution is 5.80. The van der Waals surface area contributed by atoms with Crippen molar-refractivity contribution in [3.05, 3.63) is 45.0 Å². The number of aromatic amines is 1. The first-order valence-electron chi connectivity index (χ1n) is 9.41. The summed E-state index contributed by atoms with van der Waals surface area (Å²) in [6.07, 6.45) is 2.82. The van der Waals surface area contributed by atoms with Crippen LogP contribution in [0.2, 0.25) is 0 Å². The third-order valence-corrected chi connectivity index (χ3v) is 4.93. The standard InChI is InChI=1S/C19H26N4O4/c20-9-3-13-27-14-6-10-22(11-7-14)17(24)8-12-23-19(26)16-5-2-1-4-15(16)18(25)21-23/h1-2,4-5,14H,3,6-13,20H2,(H,21,25). The molecule has 0 bridgehead atoms. The monoisotopic (exact) mass is 374 g/mol. The lowest BCUT2D eigenvalue weighted by atomic mass is 10.1. The van der Waals surface area contributed by atoms with Crippen molar-refractivity contribution >= 4 is 16.7 Å². The molecule has 1 aromatic heterocycles. The summed E-state index contributed by atoms with van der Waals surface area (Å²) in [5, 5.41) is 3.29. The Bertz CT molecular complexity index is 896. The fraction of sp³-hybridized carbons (Fsp3) is 0.526. The van der Waals surface area contributed by atoms with E-state index < -0.39 is 0 Å². The van der Waals surface area contributed by atoms with Crippen molar-refractivity contribution in [3.63, 3.8) is 0 Å². The highest BCUT2D eigenvalue weighted by Gasteiger charge is 2.23. The van der Waals surface area contributed by atoms with E-state index in [0.717, 1.165) is 19.3 Å². The number of hydrogen-bond acceptors (Lipinski definition) is 5. The number of nitrogens with zero attached hydrogens (tertiary/aromatic N) is 2. The van der Waals surface area contributed by atoms with Crippen LogP contribution >= 0.6 is 0 Å². The molecule has 0 spiro atoms. The van der Waals surface area contributed by atoms with Gasteiger partial charge in [0.25, 0.3) is 11.1 Å². The van der Waals surface area contributed by atoms with E-state index in [4.69, 9.17) is 10.5 Å². The number of rotatable bonds is 7. The molecule has 0 aliphatic carbocycles. The average Bonchev–Trinajstić information content (AvgIpc) is 2.70. The molecule has 27 heavy (non-hydrogen) atoms. The van der Waals surface area contributed by atoms with Crippen molar-refractivity contribution in [3.8, 4) is 0 Å². The molecular weight excluding hydrogens is 348 g/mol. The van der Waals surface area contributed by atoms with Gasteiger partial charge in [-0.05, 0) is 37.9 Å². The van der Waals surface area contributed by atoms with Crippen molar-refractivity contribution in [1.29, 1.82) is 0 Å². The minimum Gasteiger partial charge on any atom is -0.378 e. The van der Waals surface area contributed by atoms with Gasteiger partial charge >= 0.3 is 0 Å². The Labute approximate surface area is 156 Å². The molecule has 2 aromatic rings. The molecule has 8 heteroatoms. The van der Waals surface area contributed by atoms with Crippen LogP contribution in [0.5, 0.6) is 0 Å². The number of carbonyl (C=O) groups excluding carboxylic acids is 1. The van der Waals surface area contributed by atoms with Gasteiger partial charge < -0.3 is 15.4 Å². The summed E-state index contributed by atoms with van der Waals surface area (Å²) in [5.74, 6) is -0.0173. The largest absolute Gasteiger partial charge is 0.378 e. The minimum atomic E-state index is -0.326. The van der Waals surface area contributed by atoms with Crippen molar-refractivity contribution in [2.75, 3.05) is 26.2 Å². The Kier molecular flexibility index (Phi) is 6.41. The zero-order chi connectivity index (χ0) is 19.2. The molecule has 1 aliphatic heterocycles. The number of piperidine rings is 1. The topological polar surface area (TPSA) is 110 Å². The lowest BCUT2D eigenvalue weighted by Gasteiger charge is -2.32. The fourth-order valence-corrected chi connectivity index (χ4v) is 3.37. The molecule has 8 nitrogen and oxygen atoms in total. The van der Waals surface area contributed by atoms with Crippen LogP contribution in [-0.2, 0) is 16.1 Å². The van der Waals surface area contributed by atoms with Crippen LogP contribution in [-0.4, -0.2) is 52.9 Å². The number of carbonyl (C=O) groups is 1. The van der Waals surface area contributed by atoms with E-state index in [1.165, 1.54) is 4.68 Å². The van der Waals surface area contributed by atoms with Crippen molar-refractivity contribution < 1.29 is 9.53 Å². The fourth-order valence-electron chi connectivity index (χ4n) is 3.37. The highest BCUT2D eigenvalue weighted by atomic mass is 16.5. The van der Waals surface area contributed by atoms with E-state index in [9.17, 15) is 14.4 Å². The van der Waals surface area contributed by atoms with Gasteiger partial charge in [0.2, 0.25) is 5.91 Å². The number of aryl methyl sites for hydroxylation is 1. The quantitative estimate of drug-likeness (QED) is 0.683. The molecule has 1 fully saturated rings. The third kappa shape index (κ3) is 4.64. The van der Waals surface area contributed by atoms with Crippen LogP contribution in [0, 0.1) is 0 Å². The lowest BCUT2D eigenvalue weighted by Crippen LogP contribution is -2.41. The molecule has 1 amide bonds. The number of nitrogens with one attached hydrogen (secondary N) is 1. The van der Waals surface area contributed by atoms with Gasteiger partial charge in [-0.3, -0.25) is 19.5 Å². The molecule has 1 aromatic carbocycles. The van der Waals surface area contributed by atoms with Crippen LogP contribution in [0.1, 0.15) is 25.7 Å². The van der Waals surface area contributed by atoms with Crippen LogP contribution in [0.25, 0.3) is 10.8 Å². The van der Waals surface area contributed by atoms with Crippen LogP contribution < -0.4 is 16.9 Å². The van der Waals surface area contributed by atoms with Gasteiger partial charge in [-0.1, -0.05) is 12.1 Å². The highest BCUT2D eigenvalue weighted by Crippen LogP contribution is 2.15. The van der Waals surface area contributed by atoms with E-state index in [-0.39, 0.29) is 36.1 Å². The van der Waals surface area contributed by atoms with Crippen LogP contribution in [0.3, 0.4) is 0 Å². The van der Waals surface area contributed by atoms with E-state index in [0.29, 0.717) is 37.0 Å². The molecule has 0 atom stereocenters. The summed E-state index contributed by atoms with van der Waals surface area (Å²) >= 11 is 0. The Morgan fingerprint density at radius 2 is 1.89 bits per heavy atom. The second-order valence-electron chi connectivity index (χ2n) is 6.79. The van der Waals surface area contributed by atoms with Gasteiger partial charge in [-0.2, -0.15) is 0 Å². The number of aromatic nitrogens is 2. The SMILES string of the molecule is NCCCOC1CCN(C(=O)CCn2[nH]c(=O)c3ccccc3c2=O)CC1. The number of likely N-dealkylation sites (tertiary alicyclic amines) is 1. The van der Waals surface area contributed by atoms with E-state index in [2.05, 4.69) is 5.10 Å². The average molecular weight is 374 g/mol. The second-order valence-corrected chi connectivity index (χ2v) is 6.79. The summed E-state index contributed by atoms with van der Waals surface area (Å²) in [6.45, 7) is 2.73. The summed E-state index contributed by atoms with van der Waals surface area (Å²) in [5.41, 5.74) is 4.85. The zero-order valence-corrected chi connectivity index (χ0v) is 15.4. The van der Waals surface area contributed by atoms with E-state index in [1.807, 2.05) is 0 Å². The Morgan fingerprint density at radius 1 is 1.19 bits per heavy atom. The molecule has 1 aliphatic rings. The number of ether oxygens (including phenoxy) is 1. The smallest absolute Gasteiger partial charge is 0.273 e. The molecule has 3 N–H and O–H groups in total. The predicted molar refractivity (Wildman–Crippen MR) is 103 cm³/mol. The van der Waals surface area contributed by atoms with E-state index >= 15 is 0 Å². The number of hydrogen-bond donors (Lipinski definition) is 2. The number of amides is 1. The molecule has 0 radical (unpaired) electrons. The molecule has 0 saturated carbocycles. The Morgan fingerprint density at radius 3 is 2.59 bits per heavy atom. The zero-order valence-electron chi connectivity index (χ0n) is 15.4. The molecule has 1 saturated heterocycles. The van der Waals surface area contributed by atoms with Crippen molar-refractivity contribution in [2.45, 2.75) is 38.3 Å². The van der Waals surface area contributed by atoms with Crippen molar-refractivity contribution in [2.24, 2.45) is 5.73 Å². The third-order valence-electron chi connectivity index (χ3n) is 4.93. The van der Waals surface area contributed by atoms with Gasteiger partial charge in [0.15, 0.2) is 0 Å². The van der Waals surface area contributed by atoms with Gasteiger partial charge in [-0.15, -0.1) is 0 Å². The normalized spacial score (nSPS) is 15.4. The van der Waals surface area contributed by atoms with Gasteiger partial charge in [0, 0.05) is 26.1 Å². The summed E-state index contributed by atoms with van der Waals surface area (Å²) in [4.78, 5) is 38.8. The number of fused-ring (bicyclic) bond motifs is 1. The summed E-state index contributed by atoms with van der Waals surface area (Å²) in [6, 6.07) is 6.68. The second kappa shape index (κ2) is 8.96. The Hall–Kier alpha value is -2.45. The predicted octanol–water partition coefficient (Wildman–Crippen LogP) is 0.436. The van der Waals surface area contributed by atoms with E-state index in [1.54, 1.807) is 29.2 Å². The number of nitrogens with two attached hydrogens (primary N) is 1. The molecule has 2 heterocycles. The van der Waals surface area contributed by atoms with Crippen LogP contribution in [0.4, 0.5) is 0 Å². The van der Waals surface area contributed by atoms with Gasteiger partial charge in [0.1, 0.15) is 0 Å². The summed E-state index contributed by atoms with van der Waals surface area (Å²) < 4.78 is 6.97. The Balaban J connectivity index is 1.56. The first-order valence-corrected chi connectivity index (χ1v) is 9.41. The number of H-pyrrole nitrogens is 1. The molecule has 0 unspecified atom stereocenters. The maximum absolute atomic E-state index is 12.5. The summed E-state index contributed by atoms with van der Waals surface area (Å²) in [7, 11) is 0. The molecule has 146 valence electrons. The maximum Gasteiger partial charge on any atom is 0.273 e. The molecular formula is C19H26N4O4. The minimum absolute atomic E-state index is 0.0173. The lowest BCUT2D eigenvalue weighted by molar-refractivity contribution is -0.134. The first-order chi connectivity index (χ1) is 13.1. The van der Waals surface area contributed by atoms with Gasteiger partial charge in [-0.25, -0.2) is 4.68 Å².